The lowest BCUT2D eigenvalue weighted by atomic mass is 10.3. The summed E-state index contributed by atoms with van der Waals surface area (Å²) in [4.78, 5) is 0.191. The molecule has 0 aliphatic carbocycles. The van der Waals surface area contributed by atoms with E-state index in [9.17, 15) is 8.42 Å². The quantitative estimate of drug-likeness (QED) is 0.846. The summed E-state index contributed by atoms with van der Waals surface area (Å²) < 4.78 is 38.0. The lowest BCUT2D eigenvalue weighted by molar-refractivity contribution is 0.171. The number of ether oxygens (including phenoxy) is 2. The lowest BCUT2D eigenvalue weighted by Crippen LogP contribution is -2.32. The molecule has 1 aromatic rings. The fourth-order valence-electron chi connectivity index (χ4n) is 2.35. The Kier molecular flexibility index (Phi) is 3.65. The van der Waals surface area contributed by atoms with Crippen LogP contribution in [0.5, 0.6) is 11.5 Å². The topological polar surface area (TPSA) is 81.9 Å². The molecule has 2 heterocycles. The second-order valence-corrected chi connectivity index (χ2v) is 7.60. The normalized spacial score (nSPS) is 23.0. The van der Waals surface area contributed by atoms with E-state index in [1.807, 2.05) is 0 Å². The van der Waals surface area contributed by atoms with E-state index in [4.69, 9.17) is 15.2 Å². The number of halogens is 1. The zero-order chi connectivity index (χ0) is 14.3. The summed E-state index contributed by atoms with van der Waals surface area (Å²) in [7, 11) is -3.56. The molecule has 2 N–H and O–H groups in total. The van der Waals surface area contributed by atoms with Gasteiger partial charge in [-0.15, -0.1) is 0 Å². The number of benzene rings is 1. The molecule has 6 nitrogen and oxygen atoms in total. The Morgan fingerprint density at radius 3 is 2.50 bits per heavy atom. The molecule has 0 bridgehead atoms. The molecule has 1 saturated heterocycles. The van der Waals surface area contributed by atoms with Gasteiger partial charge < -0.3 is 15.2 Å². The fourth-order valence-corrected chi connectivity index (χ4v) is 4.86. The van der Waals surface area contributed by atoms with Gasteiger partial charge in [0, 0.05) is 29.7 Å². The Morgan fingerprint density at radius 1 is 1.25 bits per heavy atom. The molecule has 8 heteroatoms. The minimum Gasteiger partial charge on any atom is -0.486 e. The molecule has 110 valence electrons. The molecule has 0 saturated carbocycles. The average Bonchev–Trinajstić information content (AvgIpc) is 2.85. The molecule has 1 aromatic carbocycles. The molecule has 0 unspecified atom stereocenters. The van der Waals surface area contributed by atoms with Crippen molar-refractivity contribution >= 4 is 26.0 Å². The molecule has 2 aliphatic heterocycles. The van der Waals surface area contributed by atoms with Crippen LogP contribution in [0, 0.1) is 0 Å². The van der Waals surface area contributed by atoms with Gasteiger partial charge in [0.15, 0.2) is 11.5 Å². The fraction of sp³-hybridized carbons (Fsp3) is 0.500. The predicted octanol–water partition coefficient (Wildman–Crippen LogP) is 0.942. The summed E-state index contributed by atoms with van der Waals surface area (Å²) in [5.74, 6) is 1.02. The van der Waals surface area contributed by atoms with Gasteiger partial charge in [0.25, 0.3) is 0 Å². The minimum atomic E-state index is -3.56. The number of hydrogen-bond donors (Lipinski definition) is 1. The van der Waals surface area contributed by atoms with Crippen molar-refractivity contribution in [3.63, 3.8) is 0 Å². The SMILES string of the molecule is N[C@H]1CCN(S(=O)(=O)c2cc3c(cc2Br)OCCO3)C1. The summed E-state index contributed by atoms with van der Waals surface area (Å²) in [6, 6.07) is 3.05. The van der Waals surface area contributed by atoms with E-state index < -0.39 is 10.0 Å². The highest BCUT2D eigenvalue weighted by atomic mass is 79.9. The number of fused-ring (bicyclic) bond motifs is 1. The van der Waals surface area contributed by atoms with Crippen LogP contribution >= 0.6 is 15.9 Å². The molecular formula is C12H15BrN2O4S. The van der Waals surface area contributed by atoms with Crippen LogP contribution in [-0.4, -0.2) is 45.1 Å². The summed E-state index contributed by atoms with van der Waals surface area (Å²) in [5.41, 5.74) is 5.79. The molecule has 3 rings (SSSR count). The van der Waals surface area contributed by atoms with E-state index in [0.717, 1.165) is 0 Å². The van der Waals surface area contributed by atoms with Crippen LogP contribution in [0.1, 0.15) is 6.42 Å². The first-order valence-corrected chi connectivity index (χ1v) is 8.56. The number of rotatable bonds is 2. The van der Waals surface area contributed by atoms with Crippen LogP contribution in [0.25, 0.3) is 0 Å². The monoisotopic (exact) mass is 362 g/mol. The van der Waals surface area contributed by atoms with Gasteiger partial charge in [0.2, 0.25) is 10.0 Å². The van der Waals surface area contributed by atoms with Crippen molar-refractivity contribution in [2.45, 2.75) is 17.4 Å². The summed E-state index contributed by atoms with van der Waals surface area (Å²) in [6.07, 6.45) is 0.682. The van der Waals surface area contributed by atoms with E-state index >= 15 is 0 Å². The standard InChI is InChI=1S/C12H15BrN2O4S/c13-9-5-10-11(19-4-3-18-10)6-12(9)20(16,17)15-2-1-8(14)7-15/h5-6,8H,1-4,7,14H2/t8-/m0/s1. The van der Waals surface area contributed by atoms with E-state index in [2.05, 4.69) is 15.9 Å². The van der Waals surface area contributed by atoms with Crippen molar-refractivity contribution in [2.75, 3.05) is 26.3 Å². The third kappa shape index (κ3) is 2.41. The van der Waals surface area contributed by atoms with Crippen molar-refractivity contribution in [1.29, 1.82) is 0 Å². The Labute approximate surface area is 126 Å². The molecule has 2 aliphatic rings. The predicted molar refractivity (Wildman–Crippen MR) is 76.5 cm³/mol. The number of sulfonamides is 1. The molecule has 1 atom stereocenters. The van der Waals surface area contributed by atoms with Gasteiger partial charge in [-0.05, 0) is 28.4 Å². The summed E-state index contributed by atoms with van der Waals surface area (Å²) in [6.45, 7) is 1.68. The van der Waals surface area contributed by atoms with Crippen molar-refractivity contribution in [3.05, 3.63) is 16.6 Å². The number of nitrogens with two attached hydrogens (primary N) is 1. The third-order valence-corrected chi connectivity index (χ3v) is 6.23. The van der Waals surface area contributed by atoms with E-state index in [0.29, 0.717) is 48.7 Å². The zero-order valence-corrected chi connectivity index (χ0v) is 13.1. The second kappa shape index (κ2) is 5.18. The Hall–Kier alpha value is -0.830. The van der Waals surface area contributed by atoms with Crippen molar-refractivity contribution < 1.29 is 17.9 Å². The first-order chi connectivity index (χ1) is 9.48. The Bertz CT molecular complexity index is 635. The first kappa shape index (κ1) is 14.1. The lowest BCUT2D eigenvalue weighted by Gasteiger charge is -2.22. The molecule has 0 amide bonds. The van der Waals surface area contributed by atoms with Crippen molar-refractivity contribution in [1.82, 2.24) is 4.31 Å². The smallest absolute Gasteiger partial charge is 0.244 e. The van der Waals surface area contributed by atoms with E-state index in [1.54, 1.807) is 6.07 Å². The van der Waals surface area contributed by atoms with E-state index in [1.165, 1.54) is 10.4 Å². The van der Waals surface area contributed by atoms with Crippen LogP contribution < -0.4 is 15.2 Å². The number of nitrogens with zero attached hydrogens (tertiary/aromatic N) is 1. The summed E-state index contributed by atoms with van der Waals surface area (Å²) >= 11 is 3.30. The largest absolute Gasteiger partial charge is 0.486 e. The van der Waals surface area contributed by atoms with Crippen LogP contribution in [0.2, 0.25) is 0 Å². The van der Waals surface area contributed by atoms with Gasteiger partial charge in [-0.3, -0.25) is 0 Å². The summed E-state index contributed by atoms with van der Waals surface area (Å²) in [5, 5.41) is 0. The van der Waals surface area contributed by atoms with Crippen molar-refractivity contribution in [3.8, 4) is 11.5 Å². The van der Waals surface area contributed by atoms with Gasteiger partial charge in [-0.1, -0.05) is 0 Å². The van der Waals surface area contributed by atoms with Gasteiger partial charge in [-0.25, -0.2) is 8.42 Å². The molecule has 1 fully saturated rings. The van der Waals surface area contributed by atoms with E-state index in [-0.39, 0.29) is 10.9 Å². The van der Waals surface area contributed by atoms with Crippen molar-refractivity contribution in [2.24, 2.45) is 5.73 Å². The highest BCUT2D eigenvalue weighted by Gasteiger charge is 2.33. The van der Waals surface area contributed by atoms with Gasteiger partial charge >= 0.3 is 0 Å². The third-order valence-electron chi connectivity index (χ3n) is 3.40. The minimum absolute atomic E-state index is 0.0965. The maximum absolute atomic E-state index is 12.6. The van der Waals surface area contributed by atoms with Crippen LogP contribution in [0.4, 0.5) is 0 Å². The van der Waals surface area contributed by atoms with Crippen LogP contribution in [0.3, 0.4) is 0 Å². The van der Waals surface area contributed by atoms with Crippen LogP contribution in [0.15, 0.2) is 21.5 Å². The Balaban J connectivity index is 2.01. The number of hydrogen-bond acceptors (Lipinski definition) is 5. The molecule has 20 heavy (non-hydrogen) atoms. The first-order valence-electron chi connectivity index (χ1n) is 6.33. The molecule has 0 spiro atoms. The van der Waals surface area contributed by atoms with Gasteiger partial charge in [0.05, 0.1) is 0 Å². The molecule has 0 radical (unpaired) electrons. The van der Waals surface area contributed by atoms with Crippen LogP contribution in [-0.2, 0) is 10.0 Å². The Morgan fingerprint density at radius 2 is 1.90 bits per heavy atom. The zero-order valence-electron chi connectivity index (χ0n) is 10.7. The molecular weight excluding hydrogens is 348 g/mol. The average molecular weight is 363 g/mol. The maximum Gasteiger partial charge on any atom is 0.244 e. The van der Waals surface area contributed by atoms with Gasteiger partial charge in [0.1, 0.15) is 18.1 Å². The second-order valence-electron chi connectivity index (χ2n) is 4.84. The highest BCUT2D eigenvalue weighted by Crippen LogP contribution is 2.38. The molecule has 0 aromatic heterocycles. The van der Waals surface area contributed by atoms with Gasteiger partial charge in [-0.2, -0.15) is 4.31 Å². The highest BCUT2D eigenvalue weighted by molar-refractivity contribution is 9.10. The maximum atomic E-state index is 12.6.